The number of ether oxygens (including phenoxy) is 1. The number of imidazole rings is 1. The molecular weight excluding hydrogens is 260 g/mol. The quantitative estimate of drug-likeness (QED) is 0.745. The van der Waals surface area contributed by atoms with E-state index in [2.05, 4.69) is 25.7 Å². The maximum Gasteiger partial charge on any atom is 0.374 e. The van der Waals surface area contributed by atoms with Crippen molar-refractivity contribution in [3.05, 3.63) is 28.5 Å². The molecule has 0 N–H and O–H groups in total. The lowest BCUT2D eigenvalue weighted by Crippen LogP contribution is -2.08. The molecule has 2 aromatic rings. The number of hydrogen-bond acceptors (Lipinski definition) is 3. The summed E-state index contributed by atoms with van der Waals surface area (Å²) in [6.07, 6.45) is 0. The first-order chi connectivity index (χ1) is 7.13. The second kappa shape index (κ2) is 3.66. The van der Waals surface area contributed by atoms with Gasteiger partial charge in [-0.05, 0) is 18.2 Å². The molecule has 0 saturated carbocycles. The summed E-state index contributed by atoms with van der Waals surface area (Å²) in [7, 11) is 3.13. The largest absolute Gasteiger partial charge is 0.463 e. The first-order valence-electron chi connectivity index (χ1n) is 4.34. The minimum Gasteiger partial charge on any atom is -0.463 e. The molecule has 0 spiro atoms. The Morgan fingerprint density at radius 3 is 2.93 bits per heavy atom. The number of esters is 1. The van der Waals surface area contributed by atoms with E-state index in [1.54, 1.807) is 11.6 Å². The lowest BCUT2D eigenvalue weighted by atomic mass is 10.3. The molecule has 1 aromatic carbocycles. The van der Waals surface area contributed by atoms with Gasteiger partial charge in [-0.2, -0.15) is 0 Å². The molecule has 5 heteroatoms. The van der Waals surface area contributed by atoms with Crippen molar-refractivity contribution >= 4 is 32.9 Å². The molecule has 0 unspecified atom stereocenters. The van der Waals surface area contributed by atoms with Gasteiger partial charge in [0.15, 0.2) is 0 Å². The molecule has 0 fully saturated rings. The second-order valence-corrected chi connectivity index (χ2v) is 4.03. The zero-order valence-corrected chi connectivity index (χ0v) is 9.91. The zero-order chi connectivity index (χ0) is 11.0. The average Bonchev–Trinajstić information content (AvgIpc) is 2.55. The fourth-order valence-electron chi connectivity index (χ4n) is 1.44. The van der Waals surface area contributed by atoms with E-state index in [4.69, 9.17) is 0 Å². The van der Waals surface area contributed by atoms with Crippen LogP contribution < -0.4 is 0 Å². The number of fused-ring (bicyclic) bond motifs is 1. The number of aryl methyl sites for hydroxylation is 1. The van der Waals surface area contributed by atoms with E-state index in [0.717, 1.165) is 15.5 Å². The molecule has 0 aliphatic carbocycles. The number of carbonyl (C=O) groups excluding carboxylic acids is 1. The van der Waals surface area contributed by atoms with Crippen LogP contribution in [0.25, 0.3) is 11.0 Å². The van der Waals surface area contributed by atoms with Crippen LogP contribution >= 0.6 is 15.9 Å². The smallest absolute Gasteiger partial charge is 0.374 e. The zero-order valence-electron chi connectivity index (χ0n) is 8.32. The third-order valence-electron chi connectivity index (χ3n) is 2.21. The highest BCUT2D eigenvalue weighted by molar-refractivity contribution is 9.10. The predicted octanol–water partition coefficient (Wildman–Crippen LogP) is 2.12. The van der Waals surface area contributed by atoms with Crippen LogP contribution in [-0.4, -0.2) is 22.6 Å². The van der Waals surface area contributed by atoms with Crippen molar-refractivity contribution in [3.8, 4) is 0 Å². The molecule has 4 nitrogen and oxygen atoms in total. The summed E-state index contributed by atoms with van der Waals surface area (Å²) in [5.74, 6) is -0.115. The number of methoxy groups -OCH3 is 1. The normalized spacial score (nSPS) is 10.6. The molecule has 0 amide bonds. The van der Waals surface area contributed by atoms with Gasteiger partial charge < -0.3 is 9.30 Å². The highest BCUT2D eigenvalue weighted by Crippen LogP contribution is 2.20. The predicted molar refractivity (Wildman–Crippen MR) is 59.8 cm³/mol. The molecule has 0 aliphatic heterocycles. The van der Waals surface area contributed by atoms with Crippen molar-refractivity contribution in [3.63, 3.8) is 0 Å². The molecule has 2 rings (SSSR count). The monoisotopic (exact) mass is 268 g/mol. The van der Waals surface area contributed by atoms with Crippen molar-refractivity contribution in [1.82, 2.24) is 9.55 Å². The van der Waals surface area contributed by atoms with Crippen LogP contribution in [-0.2, 0) is 11.8 Å². The molecule has 78 valence electrons. The number of carbonyl (C=O) groups is 1. The summed E-state index contributed by atoms with van der Waals surface area (Å²) < 4.78 is 7.31. The molecule has 1 heterocycles. The van der Waals surface area contributed by atoms with Crippen LogP contribution in [0.3, 0.4) is 0 Å². The number of nitrogens with zero attached hydrogens (tertiary/aromatic N) is 2. The average molecular weight is 269 g/mol. The Balaban J connectivity index is 2.69. The number of benzene rings is 1. The van der Waals surface area contributed by atoms with Gasteiger partial charge in [0.1, 0.15) is 0 Å². The van der Waals surface area contributed by atoms with Crippen LogP contribution in [0, 0.1) is 0 Å². The number of rotatable bonds is 1. The van der Waals surface area contributed by atoms with Gasteiger partial charge in [-0.15, -0.1) is 0 Å². The van der Waals surface area contributed by atoms with Crippen LogP contribution in [0.2, 0.25) is 0 Å². The Hall–Kier alpha value is -1.36. The van der Waals surface area contributed by atoms with Gasteiger partial charge in [0.25, 0.3) is 0 Å². The van der Waals surface area contributed by atoms with Gasteiger partial charge in [0.2, 0.25) is 5.82 Å². The lowest BCUT2D eigenvalue weighted by molar-refractivity contribution is 0.0583. The van der Waals surface area contributed by atoms with Crippen LogP contribution in [0.1, 0.15) is 10.6 Å². The van der Waals surface area contributed by atoms with Gasteiger partial charge in [-0.1, -0.05) is 15.9 Å². The van der Waals surface area contributed by atoms with Gasteiger partial charge >= 0.3 is 5.97 Å². The Morgan fingerprint density at radius 2 is 2.27 bits per heavy atom. The Labute approximate surface area is 95.0 Å². The van der Waals surface area contributed by atoms with Crippen LogP contribution in [0.4, 0.5) is 0 Å². The third-order valence-corrected chi connectivity index (χ3v) is 2.70. The fraction of sp³-hybridized carbons (Fsp3) is 0.200. The Bertz CT molecular complexity index is 533. The second-order valence-electron chi connectivity index (χ2n) is 3.12. The van der Waals surface area contributed by atoms with Crippen molar-refractivity contribution < 1.29 is 9.53 Å². The van der Waals surface area contributed by atoms with Gasteiger partial charge in [0, 0.05) is 11.5 Å². The van der Waals surface area contributed by atoms with Crippen molar-refractivity contribution in [2.45, 2.75) is 0 Å². The highest BCUT2D eigenvalue weighted by Gasteiger charge is 2.15. The minimum absolute atomic E-state index is 0.311. The third kappa shape index (κ3) is 1.63. The summed E-state index contributed by atoms with van der Waals surface area (Å²) >= 11 is 3.37. The van der Waals surface area contributed by atoms with Gasteiger partial charge in [-0.3, -0.25) is 0 Å². The van der Waals surface area contributed by atoms with Crippen molar-refractivity contribution in [2.24, 2.45) is 7.05 Å². The van der Waals surface area contributed by atoms with Crippen molar-refractivity contribution in [1.29, 1.82) is 0 Å². The van der Waals surface area contributed by atoms with E-state index >= 15 is 0 Å². The topological polar surface area (TPSA) is 44.1 Å². The molecule has 0 bridgehead atoms. The maximum atomic E-state index is 11.4. The molecule has 0 saturated heterocycles. The maximum absolute atomic E-state index is 11.4. The van der Waals surface area contributed by atoms with E-state index in [-0.39, 0.29) is 0 Å². The van der Waals surface area contributed by atoms with Gasteiger partial charge in [-0.25, -0.2) is 9.78 Å². The van der Waals surface area contributed by atoms with E-state index < -0.39 is 5.97 Å². The van der Waals surface area contributed by atoms with E-state index in [9.17, 15) is 4.79 Å². The van der Waals surface area contributed by atoms with Crippen LogP contribution in [0.5, 0.6) is 0 Å². The standard InChI is InChI=1S/C10H9BrN2O2/c1-13-8-5-6(11)3-4-7(8)12-9(13)10(14)15-2/h3-5H,1-2H3. The molecule has 0 radical (unpaired) electrons. The molecular formula is C10H9BrN2O2. The Kier molecular flexibility index (Phi) is 2.48. The summed E-state index contributed by atoms with van der Waals surface area (Å²) in [4.78, 5) is 15.6. The molecule has 0 aliphatic rings. The first-order valence-corrected chi connectivity index (χ1v) is 5.13. The summed E-state index contributed by atoms with van der Waals surface area (Å²) in [5.41, 5.74) is 1.67. The van der Waals surface area contributed by atoms with Crippen LogP contribution in [0.15, 0.2) is 22.7 Å². The molecule has 0 atom stereocenters. The highest BCUT2D eigenvalue weighted by atomic mass is 79.9. The van der Waals surface area contributed by atoms with Crippen molar-refractivity contribution in [2.75, 3.05) is 7.11 Å². The van der Waals surface area contributed by atoms with Gasteiger partial charge in [0.05, 0.1) is 18.1 Å². The fourth-order valence-corrected chi connectivity index (χ4v) is 1.79. The summed E-state index contributed by atoms with van der Waals surface area (Å²) in [6.45, 7) is 0. The number of halogens is 1. The lowest BCUT2D eigenvalue weighted by Gasteiger charge is -1.99. The van der Waals surface area contributed by atoms with E-state index in [0.29, 0.717) is 5.82 Å². The minimum atomic E-state index is -0.426. The summed E-state index contributed by atoms with van der Waals surface area (Å²) in [6, 6.07) is 5.65. The Morgan fingerprint density at radius 1 is 1.53 bits per heavy atom. The van der Waals surface area contributed by atoms with E-state index in [1.165, 1.54) is 7.11 Å². The number of hydrogen-bond donors (Lipinski definition) is 0. The SMILES string of the molecule is COC(=O)c1nc2ccc(Br)cc2n1C. The number of aromatic nitrogens is 2. The summed E-state index contributed by atoms with van der Waals surface area (Å²) in [5, 5.41) is 0. The van der Waals surface area contributed by atoms with E-state index in [1.807, 2.05) is 18.2 Å². The molecule has 15 heavy (non-hydrogen) atoms. The molecule has 1 aromatic heterocycles. The first kappa shape index (κ1) is 10.2.